The van der Waals surface area contributed by atoms with Crippen molar-refractivity contribution in [1.29, 1.82) is 0 Å². The molecule has 3 nitrogen and oxygen atoms in total. The first-order valence-corrected chi connectivity index (χ1v) is 7.98. The van der Waals surface area contributed by atoms with Crippen molar-refractivity contribution in [3.05, 3.63) is 35.9 Å². The van der Waals surface area contributed by atoms with Gasteiger partial charge in [-0.05, 0) is 45.3 Å². The monoisotopic (exact) mass is 286 g/mol. The second kappa shape index (κ2) is 6.99. The van der Waals surface area contributed by atoms with Gasteiger partial charge in [-0.2, -0.15) is 0 Å². The molecule has 0 saturated carbocycles. The van der Waals surface area contributed by atoms with E-state index in [4.69, 9.17) is 0 Å². The first-order valence-electron chi connectivity index (χ1n) is 7.98. The Labute approximate surface area is 128 Å². The Morgan fingerprint density at radius 1 is 1.14 bits per heavy atom. The average Bonchev–Trinajstić information content (AvgIpc) is 2.53. The molecule has 1 aliphatic heterocycles. The van der Waals surface area contributed by atoms with Crippen LogP contribution in [0.1, 0.15) is 52.0 Å². The standard InChI is InChI=1S/C18H26N2O/c1-4-16(21)19-17(15-11-7-5-8-12-15)18(2,3)20-13-9-6-10-14-20/h5,7-8,11-12H,4,6,9-10,13-14H2,1-3H3. The van der Waals surface area contributed by atoms with Crippen molar-refractivity contribution in [2.24, 2.45) is 4.99 Å². The summed E-state index contributed by atoms with van der Waals surface area (Å²) < 4.78 is 0. The molecule has 0 aliphatic carbocycles. The van der Waals surface area contributed by atoms with Crippen LogP contribution in [-0.4, -0.2) is 35.1 Å². The molecule has 21 heavy (non-hydrogen) atoms. The fraction of sp³-hybridized carbons (Fsp3) is 0.556. The molecular weight excluding hydrogens is 260 g/mol. The highest BCUT2D eigenvalue weighted by Crippen LogP contribution is 2.25. The van der Waals surface area contributed by atoms with Gasteiger partial charge in [-0.3, -0.25) is 9.69 Å². The first kappa shape index (κ1) is 15.9. The molecule has 1 fully saturated rings. The van der Waals surface area contributed by atoms with E-state index in [0.717, 1.165) is 24.4 Å². The van der Waals surface area contributed by atoms with Gasteiger partial charge < -0.3 is 0 Å². The van der Waals surface area contributed by atoms with Gasteiger partial charge in [0.2, 0.25) is 5.91 Å². The Kier molecular flexibility index (Phi) is 5.29. The highest BCUT2D eigenvalue weighted by Gasteiger charge is 2.34. The lowest BCUT2D eigenvalue weighted by atomic mass is 9.88. The summed E-state index contributed by atoms with van der Waals surface area (Å²) in [7, 11) is 0. The smallest absolute Gasteiger partial charge is 0.245 e. The maximum Gasteiger partial charge on any atom is 0.245 e. The van der Waals surface area contributed by atoms with Crippen molar-refractivity contribution in [3.8, 4) is 0 Å². The van der Waals surface area contributed by atoms with Crippen LogP contribution in [0.2, 0.25) is 0 Å². The normalized spacial score (nSPS) is 17.8. The van der Waals surface area contributed by atoms with Crippen molar-refractivity contribution < 1.29 is 4.79 Å². The highest BCUT2D eigenvalue weighted by molar-refractivity contribution is 6.11. The quantitative estimate of drug-likeness (QED) is 0.791. The second-order valence-electron chi connectivity index (χ2n) is 6.18. The van der Waals surface area contributed by atoms with Crippen LogP contribution in [0.4, 0.5) is 0 Å². The third kappa shape index (κ3) is 3.79. The van der Waals surface area contributed by atoms with Crippen LogP contribution in [0, 0.1) is 0 Å². The minimum atomic E-state index is -0.216. The van der Waals surface area contributed by atoms with Crippen LogP contribution in [-0.2, 0) is 4.79 Å². The van der Waals surface area contributed by atoms with Crippen molar-refractivity contribution in [1.82, 2.24) is 4.90 Å². The number of rotatable bonds is 4. The Morgan fingerprint density at radius 3 is 2.33 bits per heavy atom. The third-order valence-electron chi connectivity index (χ3n) is 4.31. The molecule has 1 aromatic carbocycles. The fourth-order valence-corrected chi connectivity index (χ4v) is 2.96. The highest BCUT2D eigenvalue weighted by atomic mass is 16.1. The molecule has 0 radical (unpaired) electrons. The molecule has 0 bridgehead atoms. The number of carbonyl (C=O) groups is 1. The van der Waals surface area contributed by atoms with E-state index in [0.29, 0.717) is 6.42 Å². The summed E-state index contributed by atoms with van der Waals surface area (Å²) in [5.74, 6) is -0.0427. The number of hydrogen-bond donors (Lipinski definition) is 0. The van der Waals surface area contributed by atoms with Crippen LogP contribution >= 0.6 is 0 Å². The molecule has 0 unspecified atom stereocenters. The van der Waals surface area contributed by atoms with E-state index in [1.807, 2.05) is 37.3 Å². The predicted molar refractivity (Wildman–Crippen MR) is 87.8 cm³/mol. The van der Waals surface area contributed by atoms with E-state index >= 15 is 0 Å². The number of hydrogen-bond acceptors (Lipinski definition) is 2. The molecule has 1 amide bonds. The molecule has 1 aromatic rings. The summed E-state index contributed by atoms with van der Waals surface area (Å²) in [5.41, 5.74) is 1.73. The van der Waals surface area contributed by atoms with Gasteiger partial charge in [-0.1, -0.05) is 43.7 Å². The number of likely N-dealkylation sites (tertiary alicyclic amines) is 1. The number of aliphatic imine (C=N–C) groups is 1. The van der Waals surface area contributed by atoms with Gasteiger partial charge in [0.05, 0.1) is 11.3 Å². The van der Waals surface area contributed by atoms with Crippen LogP contribution < -0.4 is 0 Å². The summed E-state index contributed by atoms with van der Waals surface area (Å²) >= 11 is 0. The van der Waals surface area contributed by atoms with E-state index in [1.54, 1.807) is 0 Å². The molecule has 1 aliphatic rings. The number of benzene rings is 1. The Morgan fingerprint density at radius 2 is 1.76 bits per heavy atom. The summed E-state index contributed by atoms with van der Waals surface area (Å²) in [6.07, 6.45) is 4.21. The maximum absolute atomic E-state index is 11.9. The lowest BCUT2D eigenvalue weighted by molar-refractivity contribution is -0.117. The molecular formula is C18H26N2O. The van der Waals surface area contributed by atoms with Gasteiger partial charge in [0.25, 0.3) is 0 Å². The molecule has 0 aromatic heterocycles. The molecule has 0 spiro atoms. The molecule has 2 rings (SSSR count). The molecule has 3 heteroatoms. The third-order valence-corrected chi connectivity index (χ3v) is 4.31. The van der Waals surface area contributed by atoms with E-state index in [9.17, 15) is 4.79 Å². The molecule has 114 valence electrons. The van der Waals surface area contributed by atoms with Gasteiger partial charge in [0, 0.05) is 6.42 Å². The first-order chi connectivity index (χ1) is 10.1. The zero-order valence-corrected chi connectivity index (χ0v) is 13.4. The zero-order valence-electron chi connectivity index (χ0n) is 13.4. The van der Waals surface area contributed by atoms with Crippen molar-refractivity contribution in [2.75, 3.05) is 13.1 Å². The zero-order chi connectivity index (χ0) is 15.3. The molecule has 0 atom stereocenters. The minimum absolute atomic E-state index is 0.0427. The van der Waals surface area contributed by atoms with Crippen LogP contribution in [0.3, 0.4) is 0 Å². The fourth-order valence-electron chi connectivity index (χ4n) is 2.96. The average molecular weight is 286 g/mol. The number of amides is 1. The molecule has 1 heterocycles. The summed E-state index contributed by atoms with van der Waals surface area (Å²) in [6.45, 7) is 8.40. The lowest BCUT2D eigenvalue weighted by Gasteiger charge is -2.41. The van der Waals surface area contributed by atoms with E-state index in [1.165, 1.54) is 19.3 Å². The second-order valence-corrected chi connectivity index (χ2v) is 6.18. The van der Waals surface area contributed by atoms with Crippen LogP contribution in [0.25, 0.3) is 0 Å². The number of nitrogens with zero attached hydrogens (tertiary/aromatic N) is 2. The topological polar surface area (TPSA) is 32.7 Å². The van der Waals surface area contributed by atoms with Gasteiger partial charge in [0.15, 0.2) is 0 Å². The Bertz CT molecular complexity index is 499. The van der Waals surface area contributed by atoms with Gasteiger partial charge in [-0.25, -0.2) is 4.99 Å². The summed E-state index contributed by atoms with van der Waals surface area (Å²) in [6, 6.07) is 10.1. The number of piperidine rings is 1. The largest absolute Gasteiger partial charge is 0.293 e. The number of carbonyl (C=O) groups excluding carboxylic acids is 1. The van der Waals surface area contributed by atoms with Gasteiger partial charge >= 0.3 is 0 Å². The van der Waals surface area contributed by atoms with Gasteiger partial charge in [0.1, 0.15) is 0 Å². The van der Waals surface area contributed by atoms with Crippen molar-refractivity contribution in [2.45, 2.75) is 52.0 Å². The van der Waals surface area contributed by atoms with Crippen LogP contribution in [0.15, 0.2) is 35.3 Å². The maximum atomic E-state index is 11.9. The SMILES string of the molecule is CCC(=O)N=C(c1ccccc1)C(C)(C)N1CCCCC1. The van der Waals surface area contributed by atoms with E-state index in [-0.39, 0.29) is 11.4 Å². The Balaban J connectivity index is 2.38. The lowest BCUT2D eigenvalue weighted by Crippen LogP contribution is -2.52. The molecule has 0 N–H and O–H groups in total. The predicted octanol–water partition coefficient (Wildman–Crippen LogP) is 3.68. The summed E-state index contributed by atoms with van der Waals surface area (Å²) in [4.78, 5) is 18.8. The van der Waals surface area contributed by atoms with Gasteiger partial charge in [-0.15, -0.1) is 0 Å². The van der Waals surface area contributed by atoms with Crippen molar-refractivity contribution in [3.63, 3.8) is 0 Å². The minimum Gasteiger partial charge on any atom is -0.293 e. The van der Waals surface area contributed by atoms with Crippen molar-refractivity contribution >= 4 is 11.6 Å². The van der Waals surface area contributed by atoms with E-state index < -0.39 is 0 Å². The molecule has 1 saturated heterocycles. The summed E-state index contributed by atoms with van der Waals surface area (Å²) in [5, 5.41) is 0. The van der Waals surface area contributed by atoms with Crippen LogP contribution in [0.5, 0.6) is 0 Å². The Hall–Kier alpha value is -1.48. The van der Waals surface area contributed by atoms with E-state index in [2.05, 4.69) is 23.7 Å².